The van der Waals surface area contributed by atoms with Gasteiger partial charge in [-0.15, -0.1) is 0 Å². The second-order valence-corrected chi connectivity index (χ2v) is 19.6. The van der Waals surface area contributed by atoms with Crippen LogP contribution in [0, 0.1) is 0 Å². The average Bonchev–Trinajstić information content (AvgIpc) is 3.43. The standard InChI is InChI=1S/C42H46N4O7Si/c1-42(2,3)54(4,5)53-37(31-16-19-35(47)39-32(31)17-20-38(48)45-39)26-43-22-21-28-14-18-34-36(25-28)52-41(51)46(34)23-9-10-27-13-15-30(29-11-7-6-8-12-29)33(24-27)44-40(49)50/h6-20,24-25,37,43-44,47H,21-23,26H2,1-5H3,(H,45,48)(H,49,50)/b10-9+/t37-/m1/s1. The van der Waals surface area contributed by atoms with Crippen LogP contribution in [-0.4, -0.2) is 47.3 Å². The summed E-state index contributed by atoms with van der Waals surface area (Å²) >= 11 is 0. The van der Waals surface area contributed by atoms with Gasteiger partial charge in [-0.1, -0.05) is 87.5 Å². The van der Waals surface area contributed by atoms with Crippen molar-refractivity contribution in [1.29, 1.82) is 0 Å². The molecular formula is C42H46N4O7Si. The number of carboxylic acid groups (broad SMARTS) is 1. The quantitative estimate of drug-likeness (QED) is 0.0581. The summed E-state index contributed by atoms with van der Waals surface area (Å²) in [6.07, 6.45) is 2.88. The number of aromatic amines is 1. The number of hydrogen-bond acceptors (Lipinski definition) is 7. The highest BCUT2D eigenvalue weighted by Crippen LogP contribution is 2.41. The van der Waals surface area contributed by atoms with Gasteiger partial charge in [-0.3, -0.25) is 14.7 Å². The van der Waals surface area contributed by atoms with Crippen molar-refractivity contribution < 1.29 is 23.9 Å². The van der Waals surface area contributed by atoms with Crippen LogP contribution in [0.15, 0.2) is 111 Å². The van der Waals surface area contributed by atoms with Crippen LogP contribution in [0.2, 0.25) is 18.1 Å². The molecule has 4 aromatic carbocycles. The molecule has 0 aliphatic rings. The number of rotatable bonds is 13. The molecule has 0 radical (unpaired) electrons. The molecule has 0 spiro atoms. The van der Waals surface area contributed by atoms with Crippen molar-refractivity contribution in [2.24, 2.45) is 0 Å². The van der Waals surface area contributed by atoms with Crippen molar-refractivity contribution in [3.63, 3.8) is 0 Å². The number of carbonyl (C=O) groups is 1. The minimum Gasteiger partial charge on any atom is -0.506 e. The monoisotopic (exact) mass is 746 g/mol. The first-order valence-electron chi connectivity index (χ1n) is 17.9. The van der Waals surface area contributed by atoms with Gasteiger partial charge in [0.1, 0.15) is 5.75 Å². The smallest absolute Gasteiger partial charge is 0.420 e. The van der Waals surface area contributed by atoms with Crippen molar-refractivity contribution in [1.82, 2.24) is 14.9 Å². The maximum atomic E-state index is 12.9. The van der Waals surface area contributed by atoms with E-state index in [0.29, 0.717) is 41.8 Å². The molecule has 12 heteroatoms. The van der Waals surface area contributed by atoms with E-state index in [0.717, 1.165) is 33.2 Å². The minimum atomic E-state index is -2.22. The molecule has 0 saturated carbocycles. The number of oxazole rings is 1. The van der Waals surface area contributed by atoms with Gasteiger partial charge in [0.2, 0.25) is 5.56 Å². The first kappa shape index (κ1) is 38.0. The number of hydrogen-bond donors (Lipinski definition) is 5. The van der Waals surface area contributed by atoms with E-state index >= 15 is 0 Å². The predicted octanol–water partition coefficient (Wildman–Crippen LogP) is 8.51. The lowest BCUT2D eigenvalue weighted by atomic mass is 10.0. The Bertz CT molecular complexity index is 2440. The van der Waals surface area contributed by atoms with Gasteiger partial charge < -0.3 is 29.4 Å². The zero-order chi connectivity index (χ0) is 38.6. The molecule has 0 unspecified atom stereocenters. The molecule has 2 heterocycles. The average molecular weight is 747 g/mol. The number of fused-ring (bicyclic) bond motifs is 2. The number of nitrogens with zero attached hydrogens (tertiary/aromatic N) is 1. The Labute approximate surface area is 314 Å². The van der Waals surface area contributed by atoms with E-state index in [1.807, 2.05) is 78.9 Å². The number of H-pyrrole nitrogens is 1. The molecule has 0 saturated heterocycles. The molecule has 54 heavy (non-hydrogen) atoms. The van der Waals surface area contributed by atoms with Crippen LogP contribution in [0.1, 0.15) is 43.6 Å². The van der Waals surface area contributed by atoms with Gasteiger partial charge in [0.25, 0.3) is 0 Å². The number of allylic oxidation sites excluding steroid dienone is 1. The SMILES string of the molecule is CC(C)(C)[Si](C)(C)O[C@H](CNCCc1ccc2c(c1)oc(=O)n2C/C=C/c1ccc(-c2ccccc2)c(NC(=O)O)c1)c1ccc(O)c2[nH]c(=O)ccc12. The predicted molar refractivity (Wildman–Crippen MR) is 217 cm³/mol. The van der Waals surface area contributed by atoms with Crippen molar-refractivity contribution in [2.75, 3.05) is 18.4 Å². The number of phenols is 1. The van der Waals surface area contributed by atoms with E-state index in [4.69, 9.17) is 8.84 Å². The summed E-state index contributed by atoms with van der Waals surface area (Å²) < 4.78 is 14.1. The lowest BCUT2D eigenvalue weighted by Crippen LogP contribution is -2.43. The van der Waals surface area contributed by atoms with Gasteiger partial charge in [0.05, 0.1) is 22.8 Å². The Balaban J connectivity index is 1.14. The number of anilines is 1. The third kappa shape index (κ3) is 8.57. The molecule has 0 aliphatic carbocycles. The zero-order valence-electron chi connectivity index (χ0n) is 31.1. The number of benzene rings is 4. The number of aromatic hydroxyl groups is 1. The lowest BCUT2D eigenvalue weighted by molar-refractivity contribution is 0.182. The molecule has 5 N–H and O–H groups in total. The topological polar surface area (TPSA) is 159 Å². The highest BCUT2D eigenvalue weighted by molar-refractivity contribution is 6.74. The Kier molecular flexibility index (Phi) is 11.1. The number of amides is 1. The van der Waals surface area contributed by atoms with Gasteiger partial charge in [0.15, 0.2) is 13.9 Å². The van der Waals surface area contributed by atoms with Crippen LogP contribution >= 0.6 is 0 Å². The second-order valence-electron chi connectivity index (χ2n) is 14.9. The van der Waals surface area contributed by atoms with Crippen LogP contribution < -0.4 is 21.9 Å². The molecule has 6 aromatic rings. The molecule has 11 nitrogen and oxygen atoms in total. The zero-order valence-corrected chi connectivity index (χ0v) is 32.1. The Morgan fingerprint density at radius 3 is 2.52 bits per heavy atom. The first-order valence-corrected chi connectivity index (χ1v) is 20.8. The molecule has 0 aliphatic heterocycles. The molecule has 0 bridgehead atoms. The molecule has 2 aromatic heterocycles. The molecular weight excluding hydrogens is 701 g/mol. The Morgan fingerprint density at radius 1 is 1.00 bits per heavy atom. The van der Waals surface area contributed by atoms with E-state index in [9.17, 15) is 24.6 Å². The van der Waals surface area contributed by atoms with Gasteiger partial charge in [-0.2, -0.15) is 0 Å². The Hall–Kier alpha value is -5.69. The largest absolute Gasteiger partial charge is 0.506 e. The van der Waals surface area contributed by atoms with Crippen LogP contribution in [0.3, 0.4) is 0 Å². The fraction of sp³-hybridized carbons (Fsp3) is 0.262. The summed E-state index contributed by atoms with van der Waals surface area (Å²) in [4.78, 5) is 39.2. The summed E-state index contributed by atoms with van der Waals surface area (Å²) in [6, 6.07) is 27.5. The number of pyridine rings is 1. The van der Waals surface area contributed by atoms with Gasteiger partial charge >= 0.3 is 11.8 Å². The van der Waals surface area contributed by atoms with Crippen molar-refractivity contribution in [2.45, 2.75) is 58.0 Å². The third-order valence-corrected chi connectivity index (χ3v) is 14.6. The number of nitrogens with one attached hydrogen (secondary N) is 3. The summed E-state index contributed by atoms with van der Waals surface area (Å²) in [5, 5.41) is 26.7. The fourth-order valence-electron chi connectivity index (χ4n) is 6.24. The van der Waals surface area contributed by atoms with Crippen molar-refractivity contribution in [3.8, 4) is 16.9 Å². The van der Waals surface area contributed by atoms with E-state index in [1.54, 1.807) is 22.8 Å². The lowest BCUT2D eigenvalue weighted by Gasteiger charge is -2.39. The number of phenolic OH excluding ortho intramolecular Hbond substituents is 1. The summed E-state index contributed by atoms with van der Waals surface area (Å²) in [7, 11) is -2.22. The maximum absolute atomic E-state index is 12.9. The minimum absolute atomic E-state index is 0.00957. The molecule has 6 rings (SSSR count). The molecule has 1 atom stereocenters. The van der Waals surface area contributed by atoms with Crippen LogP contribution in [0.4, 0.5) is 10.5 Å². The van der Waals surface area contributed by atoms with Crippen molar-refractivity contribution >= 4 is 48.2 Å². The molecule has 1 amide bonds. The molecule has 0 fully saturated rings. The van der Waals surface area contributed by atoms with E-state index < -0.39 is 20.2 Å². The van der Waals surface area contributed by atoms with E-state index in [2.05, 4.69) is 49.5 Å². The van der Waals surface area contributed by atoms with E-state index in [-0.39, 0.29) is 29.0 Å². The van der Waals surface area contributed by atoms with Crippen molar-refractivity contribution in [3.05, 3.63) is 135 Å². The van der Waals surface area contributed by atoms with Crippen LogP contribution in [-0.2, 0) is 17.4 Å². The maximum Gasteiger partial charge on any atom is 0.420 e. The third-order valence-electron chi connectivity index (χ3n) is 10.1. The van der Waals surface area contributed by atoms with Crippen LogP contribution in [0.25, 0.3) is 39.2 Å². The normalized spacial score (nSPS) is 12.8. The second kappa shape index (κ2) is 15.7. The summed E-state index contributed by atoms with van der Waals surface area (Å²) in [5.74, 6) is -0.457. The summed E-state index contributed by atoms with van der Waals surface area (Å²) in [6.45, 7) is 12.4. The van der Waals surface area contributed by atoms with Gasteiger partial charge in [-0.05, 0) is 83.7 Å². The highest BCUT2D eigenvalue weighted by Gasteiger charge is 2.39. The molecule has 280 valence electrons. The number of aromatic nitrogens is 2. The summed E-state index contributed by atoms with van der Waals surface area (Å²) in [5.41, 5.74) is 6.06. The van der Waals surface area contributed by atoms with E-state index in [1.165, 1.54) is 6.07 Å². The Morgan fingerprint density at radius 2 is 1.78 bits per heavy atom. The van der Waals surface area contributed by atoms with Gasteiger partial charge in [0, 0.05) is 30.1 Å². The highest BCUT2D eigenvalue weighted by atomic mass is 28.4. The fourth-order valence-corrected chi connectivity index (χ4v) is 7.52. The van der Waals surface area contributed by atoms with Crippen LogP contribution in [0.5, 0.6) is 5.75 Å². The first-order chi connectivity index (χ1) is 25.7. The van der Waals surface area contributed by atoms with Gasteiger partial charge in [-0.25, -0.2) is 9.59 Å².